The molecule has 13 heavy (non-hydrogen) atoms. The Morgan fingerprint density at radius 1 is 1.31 bits per heavy atom. The zero-order chi connectivity index (χ0) is 9.53. The van der Waals surface area contributed by atoms with Crippen molar-refractivity contribution < 1.29 is 4.74 Å². The van der Waals surface area contributed by atoms with Crippen molar-refractivity contribution in [3.63, 3.8) is 0 Å². The summed E-state index contributed by atoms with van der Waals surface area (Å²) in [5.41, 5.74) is 6.36. The molecule has 1 saturated heterocycles. The third-order valence-corrected chi connectivity index (χ3v) is 3.60. The van der Waals surface area contributed by atoms with Crippen LogP contribution in [-0.4, -0.2) is 18.2 Å². The van der Waals surface area contributed by atoms with Crippen LogP contribution in [0.5, 0.6) is 0 Å². The molecule has 1 heterocycles. The molecule has 2 fully saturated rings. The monoisotopic (exact) mass is 183 g/mol. The first kappa shape index (κ1) is 9.47. The van der Waals surface area contributed by atoms with Gasteiger partial charge in [0.1, 0.15) is 0 Å². The van der Waals surface area contributed by atoms with E-state index < -0.39 is 0 Å². The quantitative estimate of drug-likeness (QED) is 0.727. The Morgan fingerprint density at radius 3 is 2.38 bits per heavy atom. The van der Waals surface area contributed by atoms with Crippen molar-refractivity contribution in [3.05, 3.63) is 0 Å². The third-order valence-electron chi connectivity index (χ3n) is 3.60. The second-order valence-corrected chi connectivity index (χ2v) is 5.45. The van der Waals surface area contributed by atoms with E-state index >= 15 is 0 Å². The van der Waals surface area contributed by atoms with Crippen LogP contribution >= 0.6 is 0 Å². The predicted molar refractivity (Wildman–Crippen MR) is 53.5 cm³/mol. The van der Waals surface area contributed by atoms with Crippen LogP contribution in [0.2, 0.25) is 0 Å². The molecule has 76 valence electrons. The molecule has 1 aliphatic heterocycles. The van der Waals surface area contributed by atoms with E-state index in [4.69, 9.17) is 10.5 Å². The maximum atomic E-state index is 5.97. The normalized spacial score (nSPS) is 34.8. The van der Waals surface area contributed by atoms with Crippen LogP contribution in [0.3, 0.4) is 0 Å². The Hall–Kier alpha value is -0.0800. The van der Waals surface area contributed by atoms with E-state index in [1.807, 2.05) is 0 Å². The summed E-state index contributed by atoms with van der Waals surface area (Å²) in [6.45, 7) is 5.23. The van der Waals surface area contributed by atoms with E-state index in [-0.39, 0.29) is 5.60 Å². The average Bonchev–Trinajstić information content (AvgIpc) is 2.74. The van der Waals surface area contributed by atoms with E-state index in [9.17, 15) is 0 Å². The lowest BCUT2D eigenvalue weighted by molar-refractivity contribution is -0.0258. The third kappa shape index (κ3) is 2.05. The first-order valence-corrected chi connectivity index (χ1v) is 5.43. The largest absolute Gasteiger partial charge is 0.372 e. The molecule has 1 aliphatic carbocycles. The summed E-state index contributed by atoms with van der Waals surface area (Å²) in [4.78, 5) is 0. The average molecular weight is 183 g/mol. The van der Waals surface area contributed by atoms with Crippen molar-refractivity contribution in [3.8, 4) is 0 Å². The van der Waals surface area contributed by atoms with Crippen LogP contribution in [0, 0.1) is 5.41 Å². The Balaban J connectivity index is 1.84. The summed E-state index contributed by atoms with van der Waals surface area (Å²) in [6, 6.07) is 0. The van der Waals surface area contributed by atoms with Crippen molar-refractivity contribution >= 4 is 0 Å². The molecule has 1 atom stereocenters. The van der Waals surface area contributed by atoms with Gasteiger partial charge in [-0.15, -0.1) is 0 Å². The van der Waals surface area contributed by atoms with Gasteiger partial charge < -0.3 is 10.5 Å². The molecule has 0 radical (unpaired) electrons. The molecule has 0 aromatic carbocycles. The highest BCUT2D eigenvalue weighted by atomic mass is 16.5. The van der Waals surface area contributed by atoms with Crippen molar-refractivity contribution in [1.29, 1.82) is 0 Å². The molecule has 0 aromatic heterocycles. The molecule has 0 aromatic rings. The molecular weight excluding hydrogens is 162 g/mol. The lowest BCUT2D eigenvalue weighted by atomic mass is 9.96. The Morgan fingerprint density at radius 2 is 2.00 bits per heavy atom. The lowest BCUT2D eigenvalue weighted by Crippen LogP contribution is -2.25. The molecule has 2 aliphatic rings. The van der Waals surface area contributed by atoms with Crippen LogP contribution in [-0.2, 0) is 4.74 Å². The first-order valence-electron chi connectivity index (χ1n) is 5.43. The summed E-state index contributed by atoms with van der Waals surface area (Å²) >= 11 is 0. The van der Waals surface area contributed by atoms with Crippen LogP contribution in [0.25, 0.3) is 0 Å². The fourth-order valence-electron chi connectivity index (χ4n) is 2.37. The second kappa shape index (κ2) is 2.96. The Bertz CT molecular complexity index is 196. The zero-order valence-corrected chi connectivity index (χ0v) is 8.81. The minimum absolute atomic E-state index is 0.120. The Kier molecular flexibility index (Phi) is 2.16. The van der Waals surface area contributed by atoms with Gasteiger partial charge in [-0.1, -0.05) is 0 Å². The molecule has 2 nitrogen and oxygen atoms in total. The number of hydrogen-bond acceptors (Lipinski definition) is 2. The minimum atomic E-state index is 0.120. The fourth-order valence-corrected chi connectivity index (χ4v) is 2.37. The summed E-state index contributed by atoms with van der Waals surface area (Å²) in [5, 5.41) is 0. The van der Waals surface area contributed by atoms with Gasteiger partial charge >= 0.3 is 0 Å². The topological polar surface area (TPSA) is 35.2 Å². The summed E-state index contributed by atoms with van der Waals surface area (Å²) in [7, 11) is 0. The van der Waals surface area contributed by atoms with Gasteiger partial charge in [-0.2, -0.15) is 0 Å². The second-order valence-electron chi connectivity index (χ2n) is 5.45. The number of rotatable bonds is 3. The smallest absolute Gasteiger partial charge is 0.0631 e. The molecule has 0 bridgehead atoms. The van der Waals surface area contributed by atoms with Gasteiger partial charge in [0.05, 0.1) is 11.7 Å². The Labute approximate surface area is 80.8 Å². The standard InChI is InChI=1S/C11H21NO/c1-10(2)4-3-9(13-10)7-11(8-12)5-6-11/h9H,3-8,12H2,1-2H3. The van der Waals surface area contributed by atoms with Gasteiger partial charge in [0.25, 0.3) is 0 Å². The minimum Gasteiger partial charge on any atom is -0.372 e. The number of nitrogens with two attached hydrogens (primary N) is 1. The highest BCUT2D eigenvalue weighted by Gasteiger charge is 2.45. The number of ether oxygens (including phenoxy) is 1. The van der Waals surface area contributed by atoms with E-state index in [1.54, 1.807) is 0 Å². The maximum absolute atomic E-state index is 5.97. The van der Waals surface area contributed by atoms with Gasteiger partial charge in [-0.3, -0.25) is 0 Å². The van der Waals surface area contributed by atoms with Crippen molar-refractivity contribution in [2.24, 2.45) is 11.1 Å². The van der Waals surface area contributed by atoms with Crippen LogP contribution < -0.4 is 5.73 Å². The van der Waals surface area contributed by atoms with E-state index in [0.717, 1.165) is 6.54 Å². The van der Waals surface area contributed by atoms with E-state index in [1.165, 1.54) is 32.1 Å². The molecular formula is C11H21NO. The molecule has 2 N–H and O–H groups in total. The van der Waals surface area contributed by atoms with Crippen molar-refractivity contribution in [2.75, 3.05) is 6.54 Å². The van der Waals surface area contributed by atoms with Gasteiger partial charge in [-0.05, 0) is 57.9 Å². The van der Waals surface area contributed by atoms with E-state index in [0.29, 0.717) is 11.5 Å². The molecule has 1 saturated carbocycles. The molecule has 1 unspecified atom stereocenters. The van der Waals surface area contributed by atoms with Gasteiger partial charge in [0.2, 0.25) is 0 Å². The highest BCUT2D eigenvalue weighted by molar-refractivity contribution is 4.97. The highest BCUT2D eigenvalue weighted by Crippen LogP contribution is 2.50. The van der Waals surface area contributed by atoms with Gasteiger partial charge in [0, 0.05) is 0 Å². The lowest BCUT2D eigenvalue weighted by Gasteiger charge is -2.22. The van der Waals surface area contributed by atoms with Crippen LogP contribution in [0.15, 0.2) is 0 Å². The molecule has 0 spiro atoms. The summed E-state index contributed by atoms with van der Waals surface area (Å²) in [5.74, 6) is 0. The molecule has 0 amide bonds. The number of hydrogen-bond donors (Lipinski definition) is 1. The van der Waals surface area contributed by atoms with Crippen molar-refractivity contribution in [2.45, 2.75) is 57.7 Å². The maximum Gasteiger partial charge on any atom is 0.0631 e. The van der Waals surface area contributed by atoms with Crippen LogP contribution in [0.1, 0.15) is 46.0 Å². The molecule has 2 heteroatoms. The fraction of sp³-hybridized carbons (Fsp3) is 1.00. The van der Waals surface area contributed by atoms with E-state index in [2.05, 4.69) is 13.8 Å². The summed E-state index contributed by atoms with van der Waals surface area (Å²) in [6.07, 6.45) is 6.77. The first-order chi connectivity index (χ1) is 6.05. The molecule has 2 rings (SSSR count). The van der Waals surface area contributed by atoms with Crippen LogP contribution in [0.4, 0.5) is 0 Å². The summed E-state index contributed by atoms with van der Waals surface area (Å²) < 4.78 is 5.97. The van der Waals surface area contributed by atoms with Gasteiger partial charge in [-0.25, -0.2) is 0 Å². The zero-order valence-electron chi connectivity index (χ0n) is 8.81. The SMILES string of the molecule is CC1(C)CCC(CC2(CN)CC2)O1. The predicted octanol–water partition coefficient (Wildman–Crippen LogP) is 2.07. The van der Waals surface area contributed by atoms with Crippen molar-refractivity contribution in [1.82, 2.24) is 0 Å². The van der Waals surface area contributed by atoms with Gasteiger partial charge in [0.15, 0.2) is 0 Å².